The lowest BCUT2D eigenvalue weighted by molar-refractivity contribution is -0.247. The van der Waals surface area contributed by atoms with Crippen LogP contribution in [-0.2, 0) is 28.5 Å². The average molecular weight is 486 g/mol. The first-order valence-corrected chi connectivity index (χ1v) is 12.0. The van der Waals surface area contributed by atoms with Crippen LogP contribution >= 0.6 is 0 Å². The first-order chi connectivity index (χ1) is 16.0. The van der Waals surface area contributed by atoms with E-state index in [1.165, 1.54) is 0 Å². The zero-order chi connectivity index (χ0) is 25.6. The van der Waals surface area contributed by atoms with Gasteiger partial charge in [0, 0.05) is 45.8 Å². The molecular weight excluding hydrogens is 442 g/mol. The van der Waals surface area contributed by atoms with Crippen molar-refractivity contribution in [2.24, 2.45) is 5.41 Å². The van der Waals surface area contributed by atoms with Gasteiger partial charge in [0.15, 0.2) is 18.3 Å². The van der Waals surface area contributed by atoms with Crippen molar-refractivity contribution in [1.82, 2.24) is 4.90 Å². The van der Waals surface area contributed by atoms with Crippen molar-refractivity contribution in [3.05, 3.63) is 23.5 Å². The average Bonchev–Trinajstić information content (AvgIpc) is 3.18. The van der Waals surface area contributed by atoms with Gasteiger partial charge >= 0.3 is 0 Å². The molecule has 2 fully saturated rings. The van der Waals surface area contributed by atoms with E-state index >= 15 is 0 Å². The van der Waals surface area contributed by atoms with Gasteiger partial charge in [-0.3, -0.25) is 9.69 Å². The highest BCUT2D eigenvalue weighted by atomic mass is 16.7. The number of hydrogen-bond donors (Lipinski definition) is 2. The smallest absolute Gasteiger partial charge is 0.197 e. The molecular formula is C25H43NO8. The van der Waals surface area contributed by atoms with Crippen molar-refractivity contribution in [1.29, 1.82) is 0 Å². The van der Waals surface area contributed by atoms with E-state index in [0.29, 0.717) is 18.7 Å². The SMILES string of the molecule is C=C(C(=O)CC)/C(O)=C(/[C@H](CCO)OC[C@H]1[C@@H]([C@H](C)OC)O[C@@H]2[C@@H](OC)OCCN21)C(C)(C)C. The van der Waals surface area contributed by atoms with Crippen LogP contribution in [0.4, 0.5) is 0 Å². The van der Waals surface area contributed by atoms with Crippen LogP contribution in [0.3, 0.4) is 0 Å². The lowest BCUT2D eigenvalue weighted by Crippen LogP contribution is -2.53. The molecule has 0 unspecified atom stereocenters. The van der Waals surface area contributed by atoms with Crippen LogP contribution < -0.4 is 0 Å². The van der Waals surface area contributed by atoms with Crippen LogP contribution in [0.2, 0.25) is 0 Å². The number of carbonyl (C=O) groups is 1. The molecule has 9 heteroatoms. The second-order valence-corrected chi connectivity index (χ2v) is 9.81. The van der Waals surface area contributed by atoms with E-state index in [9.17, 15) is 15.0 Å². The first kappa shape index (κ1) is 28.9. The van der Waals surface area contributed by atoms with Gasteiger partial charge < -0.3 is 33.9 Å². The number of aliphatic hydroxyl groups excluding tert-OH is 2. The number of rotatable bonds is 12. The minimum atomic E-state index is -0.622. The number of ketones is 1. The summed E-state index contributed by atoms with van der Waals surface area (Å²) in [7, 11) is 3.22. The van der Waals surface area contributed by atoms with E-state index in [4.69, 9.17) is 23.7 Å². The third-order valence-corrected chi connectivity index (χ3v) is 6.55. The zero-order valence-electron chi connectivity index (χ0n) is 21.7. The van der Waals surface area contributed by atoms with Gasteiger partial charge in [-0.05, 0) is 12.3 Å². The summed E-state index contributed by atoms with van der Waals surface area (Å²) in [4.78, 5) is 14.4. The van der Waals surface area contributed by atoms with Crippen LogP contribution in [0, 0.1) is 5.41 Å². The predicted molar refractivity (Wildman–Crippen MR) is 127 cm³/mol. The summed E-state index contributed by atoms with van der Waals surface area (Å²) in [5.41, 5.74) is 0.0664. The normalized spacial score (nSPS) is 28.2. The van der Waals surface area contributed by atoms with E-state index in [2.05, 4.69) is 11.5 Å². The molecule has 0 amide bonds. The summed E-state index contributed by atoms with van der Waals surface area (Å²) in [5, 5.41) is 20.8. The van der Waals surface area contributed by atoms with E-state index in [1.54, 1.807) is 21.1 Å². The van der Waals surface area contributed by atoms with Crippen molar-refractivity contribution < 1.29 is 38.7 Å². The molecule has 2 aliphatic heterocycles. The molecule has 0 radical (unpaired) electrons. The lowest BCUT2D eigenvalue weighted by Gasteiger charge is -2.37. The molecule has 0 saturated carbocycles. The van der Waals surface area contributed by atoms with E-state index in [0.717, 1.165) is 0 Å². The number of allylic oxidation sites excluding steroid dienone is 1. The number of morpholine rings is 1. The Morgan fingerprint density at radius 3 is 2.50 bits per heavy atom. The highest BCUT2D eigenvalue weighted by molar-refractivity contribution is 5.98. The van der Waals surface area contributed by atoms with Gasteiger partial charge in [0.25, 0.3) is 0 Å². The second-order valence-electron chi connectivity index (χ2n) is 9.81. The highest BCUT2D eigenvalue weighted by Crippen LogP contribution is 2.37. The van der Waals surface area contributed by atoms with Gasteiger partial charge in [-0.25, -0.2) is 0 Å². The molecule has 196 valence electrons. The molecule has 2 aliphatic rings. The number of aliphatic hydroxyl groups is 2. The van der Waals surface area contributed by atoms with E-state index in [1.807, 2.05) is 27.7 Å². The molecule has 6 atom stereocenters. The zero-order valence-corrected chi connectivity index (χ0v) is 21.7. The Morgan fingerprint density at radius 2 is 1.97 bits per heavy atom. The summed E-state index contributed by atoms with van der Waals surface area (Å²) in [5.74, 6) is -0.395. The van der Waals surface area contributed by atoms with Crippen LogP contribution in [0.1, 0.15) is 47.5 Å². The maximum atomic E-state index is 12.3. The third kappa shape index (κ3) is 6.46. The number of Topliss-reactive ketones (excluding diaryl/α,β-unsaturated/α-hetero) is 1. The molecule has 0 spiro atoms. The molecule has 34 heavy (non-hydrogen) atoms. The van der Waals surface area contributed by atoms with Crippen LogP contribution in [0.15, 0.2) is 23.5 Å². The minimum absolute atomic E-state index is 0.0604. The second kappa shape index (κ2) is 12.6. The standard InChI is InChI=1S/C25H43NO8/c1-9-18(28)15(2)21(29)20(25(4,5)6)19(10-12-27)33-14-17-22(16(3)30-7)34-23-24(31-8)32-13-11-26(17)23/h16-17,19,22-24,27,29H,2,9-14H2,1,3-8H3/b21-20+/t16-,17-,19-,22+,23+,24-/m0/s1. The Kier molecular flexibility index (Phi) is 10.7. The molecule has 0 aliphatic carbocycles. The summed E-state index contributed by atoms with van der Waals surface area (Å²) in [6, 6.07) is -0.161. The Morgan fingerprint density at radius 1 is 1.29 bits per heavy atom. The van der Waals surface area contributed by atoms with Gasteiger partial charge in [0.05, 0.1) is 37.0 Å². The Hall–Kier alpha value is -1.33. The molecule has 9 nitrogen and oxygen atoms in total. The molecule has 2 N–H and O–H groups in total. The number of nitrogens with zero attached hydrogens (tertiary/aromatic N) is 1. The molecule has 2 heterocycles. The quantitative estimate of drug-likeness (QED) is 0.245. The fourth-order valence-corrected chi connectivity index (χ4v) is 4.65. The molecule has 0 aromatic heterocycles. The molecule has 2 rings (SSSR count). The van der Waals surface area contributed by atoms with Gasteiger partial charge in [-0.1, -0.05) is 34.3 Å². The van der Waals surface area contributed by atoms with Crippen molar-refractivity contribution >= 4 is 5.78 Å². The molecule has 0 bridgehead atoms. The van der Waals surface area contributed by atoms with Crippen LogP contribution in [0.5, 0.6) is 0 Å². The fourth-order valence-electron chi connectivity index (χ4n) is 4.65. The van der Waals surface area contributed by atoms with E-state index in [-0.39, 0.29) is 67.6 Å². The van der Waals surface area contributed by atoms with Crippen molar-refractivity contribution in [3.63, 3.8) is 0 Å². The lowest BCUT2D eigenvalue weighted by atomic mass is 9.79. The maximum absolute atomic E-state index is 12.3. The van der Waals surface area contributed by atoms with Crippen molar-refractivity contribution in [2.45, 2.75) is 84.3 Å². The summed E-state index contributed by atoms with van der Waals surface area (Å²) >= 11 is 0. The monoisotopic (exact) mass is 485 g/mol. The van der Waals surface area contributed by atoms with Crippen molar-refractivity contribution in [3.8, 4) is 0 Å². The Balaban J connectivity index is 2.35. The highest BCUT2D eigenvalue weighted by Gasteiger charge is 2.50. The summed E-state index contributed by atoms with van der Waals surface area (Å²) in [6.45, 7) is 14.5. The van der Waals surface area contributed by atoms with Gasteiger partial charge in [-0.2, -0.15) is 0 Å². The summed E-state index contributed by atoms with van der Waals surface area (Å²) in [6.07, 6.45) is -1.54. The topological polar surface area (TPSA) is 107 Å². The number of hydrogen-bond acceptors (Lipinski definition) is 9. The molecule has 2 saturated heterocycles. The van der Waals surface area contributed by atoms with E-state index < -0.39 is 17.8 Å². The largest absolute Gasteiger partial charge is 0.507 e. The Labute approximate surface area is 203 Å². The van der Waals surface area contributed by atoms with Crippen LogP contribution in [-0.4, -0.2) is 98.4 Å². The number of ether oxygens (including phenoxy) is 5. The van der Waals surface area contributed by atoms with Gasteiger partial charge in [-0.15, -0.1) is 0 Å². The first-order valence-electron chi connectivity index (χ1n) is 12.0. The third-order valence-electron chi connectivity index (χ3n) is 6.55. The summed E-state index contributed by atoms with van der Waals surface area (Å²) < 4.78 is 29.4. The maximum Gasteiger partial charge on any atom is 0.197 e. The predicted octanol–water partition coefficient (Wildman–Crippen LogP) is 2.58. The minimum Gasteiger partial charge on any atom is -0.507 e. The molecule has 0 aromatic carbocycles. The van der Waals surface area contributed by atoms with Crippen LogP contribution in [0.25, 0.3) is 0 Å². The number of methoxy groups -OCH3 is 2. The van der Waals surface area contributed by atoms with Gasteiger partial charge in [0.1, 0.15) is 11.9 Å². The fraction of sp³-hybridized carbons (Fsp3) is 0.800. The van der Waals surface area contributed by atoms with Crippen molar-refractivity contribution in [2.75, 3.05) is 40.6 Å². The molecule has 0 aromatic rings. The Bertz CT molecular complexity index is 729. The van der Waals surface area contributed by atoms with Gasteiger partial charge in [0.2, 0.25) is 0 Å². The number of fused-ring (bicyclic) bond motifs is 1. The number of carbonyl (C=O) groups excluding carboxylic acids is 1.